The van der Waals surface area contributed by atoms with Crippen molar-refractivity contribution in [2.75, 3.05) is 6.54 Å². The van der Waals surface area contributed by atoms with Crippen molar-refractivity contribution in [2.24, 2.45) is 17.4 Å². The number of carboxylic acid groups (broad SMARTS) is 1. The van der Waals surface area contributed by atoms with Gasteiger partial charge in [0.1, 0.15) is 0 Å². The van der Waals surface area contributed by atoms with Crippen LogP contribution in [0.4, 0.5) is 0 Å². The highest BCUT2D eigenvalue weighted by atomic mass is 16.4. The summed E-state index contributed by atoms with van der Waals surface area (Å²) >= 11 is 0. The van der Waals surface area contributed by atoms with E-state index >= 15 is 0 Å². The van der Waals surface area contributed by atoms with Crippen molar-refractivity contribution in [3.8, 4) is 0 Å². The number of primary amides is 1. The molecule has 17 heavy (non-hydrogen) atoms. The van der Waals surface area contributed by atoms with Gasteiger partial charge in [0, 0.05) is 6.42 Å². The molecule has 1 atom stereocenters. The van der Waals surface area contributed by atoms with Crippen LogP contribution in [0.3, 0.4) is 0 Å². The molecule has 1 heterocycles. The molecular weight excluding hydrogens is 226 g/mol. The first-order chi connectivity index (χ1) is 7.97. The maximum atomic E-state index is 10.9. The zero-order valence-electron chi connectivity index (χ0n) is 9.46. The van der Waals surface area contributed by atoms with Crippen LogP contribution in [0, 0.1) is 5.92 Å². The molecule has 94 valence electrons. The molecule has 0 aromatic carbocycles. The number of rotatable bonds is 6. The molecule has 1 aromatic heterocycles. The van der Waals surface area contributed by atoms with Gasteiger partial charge >= 0.3 is 5.97 Å². The highest BCUT2D eigenvalue weighted by molar-refractivity contribution is 5.86. The van der Waals surface area contributed by atoms with Gasteiger partial charge in [-0.3, -0.25) is 4.79 Å². The van der Waals surface area contributed by atoms with Crippen molar-refractivity contribution < 1.29 is 14.7 Å². The molecule has 1 unspecified atom stereocenters. The van der Waals surface area contributed by atoms with Gasteiger partial charge in [-0.15, -0.1) is 5.10 Å². The quantitative estimate of drug-likeness (QED) is 0.560. The molecule has 1 aromatic rings. The molecular formula is C9H15N5O3. The van der Waals surface area contributed by atoms with Crippen LogP contribution >= 0.6 is 0 Å². The topological polar surface area (TPSA) is 137 Å². The van der Waals surface area contributed by atoms with Crippen LogP contribution in [-0.2, 0) is 17.8 Å². The van der Waals surface area contributed by atoms with Gasteiger partial charge in [-0.25, -0.2) is 9.48 Å². The fraction of sp³-hybridized carbons (Fsp3) is 0.556. The Hall–Kier alpha value is -1.96. The number of amides is 1. The Morgan fingerprint density at radius 2 is 2.18 bits per heavy atom. The summed E-state index contributed by atoms with van der Waals surface area (Å²) in [6.45, 7) is 2.11. The van der Waals surface area contributed by atoms with Crippen molar-refractivity contribution in [3.05, 3.63) is 11.4 Å². The standard InChI is InChI=1S/C9H15N5O3/c1-5(8(11)15)4-14-6(2-3-10)7(9(16)17)12-13-14/h5H,2-4,10H2,1H3,(H2,11,15)(H,16,17). The number of nitrogens with two attached hydrogens (primary N) is 2. The van der Waals surface area contributed by atoms with Gasteiger partial charge in [-0.2, -0.15) is 0 Å². The van der Waals surface area contributed by atoms with Crippen LogP contribution in [0.15, 0.2) is 0 Å². The summed E-state index contributed by atoms with van der Waals surface area (Å²) in [7, 11) is 0. The van der Waals surface area contributed by atoms with E-state index < -0.39 is 17.8 Å². The first-order valence-corrected chi connectivity index (χ1v) is 5.12. The second-order valence-electron chi connectivity index (χ2n) is 3.71. The molecule has 1 rings (SSSR count). The summed E-state index contributed by atoms with van der Waals surface area (Å²) in [6, 6.07) is 0. The van der Waals surface area contributed by atoms with E-state index in [0.29, 0.717) is 12.1 Å². The highest BCUT2D eigenvalue weighted by Gasteiger charge is 2.20. The fourth-order valence-electron chi connectivity index (χ4n) is 1.38. The predicted octanol–water partition coefficient (Wildman–Crippen LogP) is -1.40. The number of carboxylic acids is 1. The van der Waals surface area contributed by atoms with Gasteiger partial charge in [0.2, 0.25) is 5.91 Å². The molecule has 1 amide bonds. The number of hydrogen-bond acceptors (Lipinski definition) is 5. The van der Waals surface area contributed by atoms with E-state index in [-0.39, 0.29) is 18.8 Å². The lowest BCUT2D eigenvalue weighted by atomic mass is 10.1. The number of aromatic nitrogens is 3. The Bertz CT molecular complexity index is 428. The van der Waals surface area contributed by atoms with Gasteiger partial charge in [0.25, 0.3) is 0 Å². The second kappa shape index (κ2) is 5.39. The highest BCUT2D eigenvalue weighted by Crippen LogP contribution is 2.09. The minimum atomic E-state index is -1.16. The lowest BCUT2D eigenvalue weighted by Crippen LogP contribution is -2.26. The minimum Gasteiger partial charge on any atom is -0.476 e. The zero-order chi connectivity index (χ0) is 13.0. The van der Waals surface area contributed by atoms with Gasteiger partial charge in [-0.1, -0.05) is 12.1 Å². The van der Waals surface area contributed by atoms with Crippen molar-refractivity contribution in [3.63, 3.8) is 0 Å². The molecule has 0 bridgehead atoms. The Morgan fingerprint density at radius 3 is 2.65 bits per heavy atom. The van der Waals surface area contributed by atoms with Crippen molar-refractivity contribution in [1.29, 1.82) is 0 Å². The summed E-state index contributed by atoms with van der Waals surface area (Å²) in [6.07, 6.45) is 0.333. The Kier molecular flexibility index (Phi) is 4.16. The van der Waals surface area contributed by atoms with Crippen LogP contribution in [-0.4, -0.2) is 38.5 Å². The van der Waals surface area contributed by atoms with Crippen molar-refractivity contribution in [1.82, 2.24) is 15.0 Å². The zero-order valence-corrected chi connectivity index (χ0v) is 9.46. The maximum absolute atomic E-state index is 10.9. The molecule has 0 saturated carbocycles. The average molecular weight is 241 g/mol. The van der Waals surface area contributed by atoms with Gasteiger partial charge in [0.15, 0.2) is 5.69 Å². The van der Waals surface area contributed by atoms with E-state index in [4.69, 9.17) is 16.6 Å². The number of hydrogen-bond donors (Lipinski definition) is 3. The number of nitrogens with zero attached hydrogens (tertiary/aromatic N) is 3. The maximum Gasteiger partial charge on any atom is 0.358 e. The molecule has 0 aliphatic rings. The molecule has 0 spiro atoms. The Morgan fingerprint density at radius 1 is 1.53 bits per heavy atom. The lowest BCUT2D eigenvalue weighted by molar-refractivity contribution is -0.121. The number of aromatic carboxylic acids is 1. The van der Waals surface area contributed by atoms with Gasteiger partial charge in [-0.05, 0) is 6.54 Å². The number of carbonyl (C=O) groups is 2. The summed E-state index contributed by atoms with van der Waals surface area (Å²) in [5.74, 6) is -2.09. The molecule has 8 nitrogen and oxygen atoms in total. The smallest absolute Gasteiger partial charge is 0.358 e. The fourth-order valence-corrected chi connectivity index (χ4v) is 1.38. The minimum absolute atomic E-state index is 0.132. The molecule has 0 aliphatic carbocycles. The molecule has 0 saturated heterocycles. The molecule has 8 heteroatoms. The summed E-state index contributed by atoms with van der Waals surface area (Å²) in [4.78, 5) is 21.8. The van der Waals surface area contributed by atoms with E-state index in [1.807, 2.05) is 0 Å². The Labute approximate surface area is 97.6 Å². The number of carbonyl (C=O) groups excluding carboxylic acids is 1. The third-order valence-corrected chi connectivity index (χ3v) is 2.35. The van der Waals surface area contributed by atoms with Crippen molar-refractivity contribution >= 4 is 11.9 Å². The Balaban J connectivity index is 2.99. The molecule has 0 aliphatic heterocycles. The van der Waals surface area contributed by atoms with Crippen LogP contribution < -0.4 is 11.5 Å². The monoisotopic (exact) mass is 241 g/mol. The van der Waals surface area contributed by atoms with Gasteiger partial charge in [0.05, 0.1) is 18.2 Å². The summed E-state index contributed by atoms with van der Waals surface area (Å²) in [5.41, 5.74) is 10.8. The summed E-state index contributed by atoms with van der Waals surface area (Å²) < 4.78 is 1.37. The molecule has 0 radical (unpaired) electrons. The van der Waals surface area contributed by atoms with E-state index in [9.17, 15) is 9.59 Å². The molecule has 5 N–H and O–H groups in total. The predicted molar refractivity (Wildman–Crippen MR) is 58.1 cm³/mol. The summed E-state index contributed by atoms with van der Waals surface area (Å²) in [5, 5.41) is 16.2. The van der Waals surface area contributed by atoms with E-state index in [1.165, 1.54) is 4.68 Å². The second-order valence-corrected chi connectivity index (χ2v) is 3.71. The van der Waals surface area contributed by atoms with Gasteiger partial charge < -0.3 is 16.6 Å². The molecule has 0 fully saturated rings. The normalized spacial score (nSPS) is 12.4. The first kappa shape index (κ1) is 13.1. The first-order valence-electron chi connectivity index (χ1n) is 5.12. The van der Waals surface area contributed by atoms with Crippen LogP contribution in [0.2, 0.25) is 0 Å². The largest absolute Gasteiger partial charge is 0.476 e. The lowest BCUT2D eigenvalue weighted by Gasteiger charge is -2.09. The SMILES string of the molecule is CC(Cn1nnc(C(=O)O)c1CCN)C(N)=O. The van der Waals surface area contributed by atoms with Crippen LogP contribution in [0.25, 0.3) is 0 Å². The third kappa shape index (κ3) is 3.00. The van der Waals surface area contributed by atoms with Crippen LogP contribution in [0.5, 0.6) is 0 Å². The third-order valence-electron chi connectivity index (χ3n) is 2.35. The van der Waals surface area contributed by atoms with E-state index in [0.717, 1.165) is 0 Å². The van der Waals surface area contributed by atoms with E-state index in [1.54, 1.807) is 6.92 Å². The van der Waals surface area contributed by atoms with E-state index in [2.05, 4.69) is 10.3 Å². The van der Waals surface area contributed by atoms with Crippen molar-refractivity contribution in [2.45, 2.75) is 19.9 Å². The average Bonchev–Trinajstić information content (AvgIpc) is 2.62. The van der Waals surface area contributed by atoms with Crippen LogP contribution in [0.1, 0.15) is 23.1 Å².